The Morgan fingerprint density at radius 2 is 2.12 bits per heavy atom. The van der Waals surface area contributed by atoms with E-state index in [0.717, 1.165) is 18.7 Å². The third-order valence-corrected chi connectivity index (χ3v) is 4.59. The quantitative estimate of drug-likeness (QED) is 0.736. The minimum Gasteiger partial charge on any atom is -0.391 e. The average Bonchev–Trinajstić information content (AvgIpc) is 2.90. The van der Waals surface area contributed by atoms with Crippen LogP contribution in [0.4, 0.5) is 0 Å². The molecule has 2 heterocycles. The van der Waals surface area contributed by atoms with Gasteiger partial charge in [0, 0.05) is 50.7 Å². The van der Waals surface area contributed by atoms with Gasteiger partial charge >= 0.3 is 0 Å². The first-order valence-electron chi connectivity index (χ1n) is 8.86. The van der Waals surface area contributed by atoms with Crippen molar-refractivity contribution in [1.29, 1.82) is 0 Å². The number of hydrazone groups is 1. The van der Waals surface area contributed by atoms with Gasteiger partial charge in [-0.15, -0.1) is 0 Å². The zero-order valence-corrected chi connectivity index (χ0v) is 15.0. The second-order valence-corrected chi connectivity index (χ2v) is 7.33. The monoisotopic (exact) mass is 338 g/mol. The van der Waals surface area contributed by atoms with Crippen LogP contribution in [0.5, 0.6) is 0 Å². The predicted molar refractivity (Wildman–Crippen MR) is 92.5 cm³/mol. The van der Waals surface area contributed by atoms with E-state index in [0.29, 0.717) is 38.4 Å². The van der Waals surface area contributed by atoms with E-state index in [1.807, 2.05) is 20.8 Å². The number of aliphatic hydroxyl groups excluding tert-OH is 1. The second kappa shape index (κ2) is 8.46. The Hall–Kier alpha value is -1.63. The van der Waals surface area contributed by atoms with Gasteiger partial charge in [0.25, 0.3) is 0 Å². The molecule has 2 atom stereocenters. The number of piperidine rings is 1. The van der Waals surface area contributed by atoms with Crippen molar-refractivity contribution in [1.82, 2.24) is 15.2 Å². The van der Waals surface area contributed by atoms with E-state index < -0.39 is 6.10 Å². The lowest BCUT2D eigenvalue weighted by molar-refractivity contribution is -0.137. The second-order valence-electron chi connectivity index (χ2n) is 7.33. The van der Waals surface area contributed by atoms with Gasteiger partial charge in [-0.05, 0) is 19.3 Å². The lowest BCUT2D eigenvalue weighted by Crippen LogP contribution is -2.51. The number of carbonyl (C=O) groups excluding carboxylic acids is 2. The highest BCUT2D eigenvalue weighted by Gasteiger charge is 2.31. The van der Waals surface area contributed by atoms with Crippen molar-refractivity contribution >= 4 is 17.5 Å². The first-order valence-corrected chi connectivity index (χ1v) is 8.86. The van der Waals surface area contributed by atoms with Crippen LogP contribution in [-0.4, -0.2) is 71.4 Å². The number of amides is 2. The van der Waals surface area contributed by atoms with Crippen LogP contribution in [0.2, 0.25) is 0 Å². The van der Waals surface area contributed by atoms with Crippen LogP contribution in [0.25, 0.3) is 0 Å². The molecule has 0 aromatic rings. The highest BCUT2D eigenvalue weighted by atomic mass is 16.3. The number of carbonyl (C=O) groups is 2. The molecule has 136 valence electrons. The zero-order chi connectivity index (χ0) is 17.7. The molecule has 0 aliphatic carbocycles. The Kier molecular flexibility index (Phi) is 6.60. The fourth-order valence-electron chi connectivity index (χ4n) is 3.14. The van der Waals surface area contributed by atoms with E-state index in [2.05, 4.69) is 10.4 Å². The fraction of sp³-hybridized carbons (Fsp3) is 0.824. The molecule has 0 aromatic carbocycles. The van der Waals surface area contributed by atoms with Crippen molar-refractivity contribution in [3.8, 4) is 0 Å². The Balaban J connectivity index is 1.73. The number of aliphatic hydroxyl groups is 1. The highest BCUT2D eigenvalue weighted by Crippen LogP contribution is 2.18. The van der Waals surface area contributed by atoms with Crippen molar-refractivity contribution in [2.45, 2.75) is 46.1 Å². The molecular formula is C17H30N4O3. The number of hydrogen-bond acceptors (Lipinski definition) is 5. The molecule has 24 heavy (non-hydrogen) atoms. The zero-order valence-electron chi connectivity index (χ0n) is 15.0. The molecule has 0 unspecified atom stereocenters. The number of β-amino-alcohol motifs (C(OH)–C–C–N with tert-alkyl or cyclic N) is 1. The van der Waals surface area contributed by atoms with Crippen molar-refractivity contribution in [2.75, 3.05) is 32.7 Å². The molecule has 0 spiro atoms. The summed E-state index contributed by atoms with van der Waals surface area (Å²) in [6, 6.07) is 0. The Morgan fingerprint density at radius 1 is 1.38 bits per heavy atom. The molecule has 1 saturated heterocycles. The number of rotatable bonds is 6. The van der Waals surface area contributed by atoms with Gasteiger partial charge in [0.15, 0.2) is 0 Å². The van der Waals surface area contributed by atoms with Gasteiger partial charge in [-0.2, -0.15) is 5.10 Å². The Bertz CT molecular complexity index is 492. The molecule has 0 radical (unpaired) electrons. The third kappa shape index (κ3) is 5.47. The van der Waals surface area contributed by atoms with E-state index in [1.54, 1.807) is 9.91 Å². The van der Waals surface area contributed by atoms with Crippen LogP contribution in [-0.2, 0) is 9.59 Å². The van der Waals surface area contributed by atoms with Gasteiger partial charge in [0.2, 0.25) is 11.8 Å². The molecule has 0 aromatic heterocycles. The fourth-order valence-corrected chi connectivity index (χ4v) is 3.14. The smallest absolute Gasteiger partial charge is 0.243 e. The number of nitrogens with one attached hydrogen (secondary N) is 1. The standard InChI is InChI=1S/C17H30N4O3/c1-12(2)8-16(23)18-9-14-5-6-20(10-15(14)22)17(24)11-21-7-4-13(3)19-21/h12,14-15,22H,4-11H2,1-3H3,(H,18,23)/t14-,15+/m0/s1. The summed E-state index contributed by atoms with van der Waals surface area (Å²) in [5, 5.41) is 19.3. The van der Waals surface area contributed by atoms with Gasteiger partial charge < -0.3 is 15.3 Å². The van der Waals surface area contributed by atoms with E-state index in [9.17, 15) is 14.7 Å². The summed E-state index contributed by atoms with van der Waals surface area (Å²) in [7, 11) is 0. The summed E-state index contributed by atoms with van der Waals surface area (Å²) in [6.07, 6.45) is 1.53. The summed E-state index contributed by atoms with van der Waals surface area (Å²) in [4.78, 5) is 25.8. The van der Waals surface area contributed by atoms with Gasteiger partial charge in [-0.3, -0.25) is 14.6 Å². The molecular weight excluding hydrogens is 308 g/mol. The van der Waals surface area contributed by atoms with Crippen LogP contribution in [0.3, 0.4) is 0 Å². The topological polar surface area (TPSA) is 85.2 Å². The maximum absolute atomic E-state index is 12.3. The van der Waals surface area contributed by atoms with Crippen molar-refractivity contribution in [3.63, 3.8) is 0 Å². The van der Waals surface area contributed by atoms with E-state index in [-0.39, 0.29) is 24.3 Å². The lowest BCUT2D eigenvalue weighted by atomic mass is 9.93. The molecule has 2 N–H and O–H groups in total. The molecule has 7 heteroatoms. The molecule has 0 saturated carbocycles. The molecule has 2 aliphatic rings. The molecule has 0 bridgehead atoms. The summed E-state index contributed by atoms with van der Waals surface area (Å²) in [5.41, 5.74) is 1.05. The van der Waals surface area contributed by atoms with Gasteiger partial charge in [-0.25, -0.2) is 0 Å². The first kappa shape index (κ1) is 18.7. The molecule has 2 amide bonds. The van der Waals surface area contributed by atoms with Crippen LogP contribution in [0.15, 0.2) is 5.10 Å². The maximum Gasteiger partial charge on any atom is 0.243 e. The lowest BCUT2D eigenvalue weighted by Gasteiger charge is -2.36. The number of hydrogen-bond donors (Lipinski definition) is 2. The third-order valence-electron chi connectivity index (χ3n) is 4.59. The SMILES string of the molecule is CC1=NN(CC(=O)N2CC[C@@H](CNC(=O)CC(C)C)[C@H](O)C2)CC1. The van der Waals surface area contributed by atoms with Crippen molar-refractivity contribution in [2.24, 2.45) is 16.9 Å². The number of nitrogens with zero attached hydrogens (tertiary/aromatic N) is 3. The minimum atomic E-state index is -0.592. The molecule has 2 aliphatic heterocycles. The van der Waals surface area contributed by atoms with Gasteiger partial charge in [-0.1, -0.05) is 13.8 Å². The average molecular weight is 338 g/mol. The van der Waals surface area contributed by atoms with Crippen LogP contribution in [0.1, 0.15) is 40.0 Å². The van der Waals surface area contributed by atoms with Gasteiger partial charge in [0.05, 0.1) is 6.10 Å². The predicted octanol–water partition coefficient (Wildman–Crippen LogP) is 0.440. The summed E-state index contributed by atoms with van der Waals surface area (Å²) < 4.78 is 0. The summed E-state index contributed by atoms with van der Waals surface area (Å²) >= 11 is 0. The van der Waals surface area contributed by atoms with Crippen LogP contribution < -0.4 is 5.32 Å². The van der Waals surface area contributed by atoms with E-state index in [1.165, 1.54) is 0 Å². The normalized spacial score (nSPS) is 24.3. The van der Waals surface area contributed by atoms with E-state index >= 15 is 0 Å². The summed E-state index contributed by atoms with van der Waals surface area (Å²) in [6.45, 7) is 8.47. The highest BCUT2D eigenvalue weighted by molar-refractivity contribution is 5.84. The Labute approximate surface area is 144 Å². The Morgan fingerprint density at radius 3 is 2.71 bits per heavy atom. The van der Waals surface area contributed by atoms with E-state index in [4.69, 9.17) is 0 Å². The largest absolute Gasteiger partial charge is 0.391 e. The first-order chi connectivity index (χ1) is 11.3. The van der Waals surface area contributed by atoms with Gasteiger partial charge in [0.1, 0.15) is 6.54 Å². The van der Waals surface area contributed by atoms with Crippen molar-refractivity contribution < 1.29 is 14.7 Å². The minimum absolute atomic E-state index is 0.00907. The van der Waals surface area contributed by atoms with Crippen LogP contribution >= 0.6 is 0 Å². The van der Waals surface area contributed by atoms with Crippen molar-refractivity contribution in [3.05, 3.63) is 0 Å². The summed E-state index contributed by atoms with van der Waals surface area (Å²) in [5.74, 6) is 0.372. The molecule has 7 nitrogen and oxygen atoms in total. The van der Waals surface area contributed by atoms with Crippen LogP contribution in [0, 0.1) is 11.8 Å². The molecule has 1 fully saturated rings. The molecule has 2 rings (SSSR count). The number of likely N-dealkylation sites (tertiary alicyclic amines) is 1. The maximum atomic E-state index is 12.3.